The van der Waals surface area contributed by atoms with Crippen LogP contribution in [0.4, 0.5) is 0 Å². The minimum absolute atomic E-state index is 0.00223. The maximum atomic E-state index is 9.41. The summed E-state index contributed by atoms with van der Waals surface area (Å²) in [5.41, 5.74) is 0. The molecule has 1 atom stereocenters. The molecule has 2 fully saturated rings. The molecule has 3 heterocycles. The number of piperidine rings is 1. The van der Waals surface area contributed by atoms with Crippen LogP contribution in [0.5, 0.6) is 0 Å². The van der Waals surface area contributed by atoms with E-state index in [0.29, 0.717) is 5.92 Å². The van der Waals surface area contributed by atoms with E-state index in [2.05, 4.69) is 31.6 Å². The van der Waals surface area contributed by atoms with Crippen molar-refractivity contribution in [3.8, 4) is 0 Å². The molecule has 0 unspecified atom stereocenters. The van der Waals surface area contributed by atoms with Gasteiger partial charge in [-0.1, -0.05) is 0 Å². The zero-order chi connectivity index (χ0) is 16.2. The number of nitrogens with zero attached hydrogens (tertiary/aromatic N) is 5. The van der Waals surface area contributed by atoms with E-state index in [1.165, 1.54) is 12.8 Å². The molecule has 2 aliphatic rings. The molecule has 130 valence electrons. The lowest BCUT2D eigenvalue weighted by atomic mass is 9.96. The molecule has 2 saturated heterocycles. The first-order chi connectivity index (χ1) is 11.2. The molecule has 2 N–H and O–H groups in total. The third-order valence-electron chi connectivity index (χ3n) is 5.32. The van der Waals surface area contributed by atoms with Crippen molar-refractivity contribution in [2.75, 3.05) is 39.4 Å². The third-order valence-corrected chi connectivity index (χ3v) is 5.32. The highest BCUT2D eigenvalue weighted by molar-refractivity contribution is 5.04. The van der Waals surface area contributed by atoms with E-state index in [1.807, 2.05) is 0 Å². The van der Waals surface area contributed by atoms with Gasteiger partial charge < -0.3 is 14.8 Å². The minimum atomic E-state index is -0.157. The summed E-state index contributed by atoms with van der Waals surface area (Å²) in [5, 5.41) is 27.7. The quantitative estimate of drug-likeness (QED) is 0.764. The fourth-order valence-electron chi connectivity index (χ4n) is 3.85. The van der Waals surface area contributed by atoms with E-state index in [1.54, 1.807) is 0 Å². The fraction of sp³-hybridized carbons (Fsp3) is 0.875. The topological polar surface area (TPSA) is 77.7 Å². The standard InChI is InChI=1S/C16H29N5O2/c1-19-15(10-20-6-2-3-7-20)17-18-16(19)13-5-4-8-21(9-13)14(11-22)12-23/h13-14,22-23H,2-12H2,1H3/t13-/m0/s1. The number of aliphatic hydroxyl groups is 2. The van der Waals surface area contributed by atoms with Crippen molar-refractivity contribution in [1.29, 1.82) is 0 Å². The summed E-state index contributed by atoms with van der Waals surface area (Å²) < 4.78 is 2.15. The van der Waals surface area contributed by atoms with Crippen molar-refractivity contribution in [2.45, 2.75) is 44.2 Å². The average molecular weight is 323 g/mol. The molecule has 0 aliphatic carbocycles. The van der Waals surface area contributed by atoms with Crippen LogP contribution in [0.15, 0.2) is 0 Å². The molecule has 0 radical (unpaired) electrons. The Bertz CT molecular complexity index is 497. The van der Waals surface area contributed by atoms with Crippen molar-refractivity contribution < 1.29 is 10.2 Å². The zero-order valence-electron chi connectivity index (χ0n) is 14.1. The first-order valence-electron chi connectivity index (χ1n) is 8.79. The molecule has 0 saturated carbocycles. The van der Waals surface area contributed by atoms with Crippen molar-refractivity contribution in [1.82, 2.24) is 24.6 Å². The highest BCUT2D eigenvalue weighted by Gasteiger charge is 2.29. The van der Waals surface area contributed by atoms with E-state index in [4.69, 9.17) is 0 Å². The van der Waals surface area contributed by atoms with Gasteiger partial charge in [-0.15, -0.1) is 10.2 Å². The molecule has 3 rings (SSSR count). The van der Waals surface area contributed by atoms with E-state index in [9.17, 15) is 10.2 Å². The molecule has 0 amide bonds. The normalized spacial score (nSPS) is 23.9. The van der Waals surface area contributed by atoms with Gasteiger partial charge in [-0.3, -0.25) is 9.80 Å². The highest BCUT2D eigenvalue weighted by Crippen LogP contribution is 2.27. The number of hydrogen-bond donors (Lipinski definition) is 2. The second kappa shape index (κ2) is 7.70. The molecule has 0 aromatic carbocycles. The number of rotatable bonds is 6. The molecule has 1 aromatic heterocycles. The van der Waals surface area contributed by atoms with E-state index < -0.39 is 0 Å². The van der Waals surface area contributed by atoms with E-state index in [0.717, 1.165) is 57.2 Å². The van der Waals surface area contributed by atoms with Gasteiger partial charge in [0.25, 0.3) is 0 Å². The predicted octanol–water partition coefficient (Wildman–Crippen LogP) is -0.0565. The highest BCUT2D eigenvalue weighted by atomic mass is 16.3. The Morgan fingerprint density at radius 3 is 2.52 bits per heavy atom. The number of aromatic nitrogens is 3. The second-order valence-electron chi connectivity index (χ2n) is 6.87. The van der Waals surface area contributed by atoms with Crippen molar-refractivity contribution in [3.05, 3.63) is 11.6 Å². The van der Waals surface area contributed by atoms with Crippen molar-refractivity contribution in [2.24, 2.45) is 7.05 Å². The largest absolute Gasteiger partial charge is 0.395 e. The fourth-order valence-corrected chi connectivity index (χ4v) is 3.85. The summed E-state index contributed by atoms with van der Waals surface area (Å²) >= 11 is 0. The Morgan fingerprint density at radius 2 is 1.83 bits per heavy atom. The number of hydrogen-bond acceptors (Lipinski definition) is 6. The van der Waals surface area contributed by atoms with Crippen molar-refractivity contribution in [3.63, 3.8) is 0 Å². The van der Waals surface area contributed by atoms with Gasteiger partial charge in [-0.25, -0.2) is 0 Å². The lowest BCUT2D eigenvalue weighted by Gasteiger charge is -2.36. The zero-order valence-corrected chi connectivity index (χ0v) is 14.1. The molecule has 7 nitrogen and oxygen atoms in total. The van der Waals surface area contributed by atoms with Crippen LogP contribution in [-0.2, 0) is 13.6 Å². The second-order valence-corrected chi connectivity index (χ2v) is 6.87. The molecule has 7 heteroatoms. The molecule has 2 aliphatic heterocycles. The lowest BCUT2D eigenvalue weighted by Crippen LogP contribution is -2.46. The Balaban J connectivity index is 1.67. The van der Waals surface area contributed by atoms with E-state index >= 15 is 0 Å². The first-order valence-corrected chi connectivity index (χ1v) is 8.79. The Hall–Kier alpha value is -1.02. The Morgan fingerprint density at radius 1 is 1.09 bits per heavy atom. The van der Waals surface area contributed by atoms with Gasteiger partial charge >= 0.3 is 0 Å². The monoisotopic (exact) mass is 323 g/mol. The third kappa shape index (κ3) is 3.74. The SMILES string of the molecule is Cn1c(CN2CCCC2)nnc1[C@H]1CCCN(C(CO)CO)C1. The van der Waals surface area contributed by atoms with Gasteiger partial charge in [0.2, 0.25) is 0 Å². The van der Waals surface area contributed by atoms with Crippen LogP contribution < -0.4 is 0 Å². The Labute approximate surface area is 137 Å². The summed E-state index contributed by atoms with van der Waals surface area (Å²) in [6.07, 6.45) is 4.73. The van der Waals surface area contributed by atoms with Crippen LogP contribution in [0.1, 0.15) is 43.3 Å². The maximum Gasteiger partial charge on any atom is 0.146 e. The van der Waals surface area contributed by atoms with Crippen LogP contribution in [0.3, 0.4) is 0 Å². The van der Waals surface area contributed by atoms with Crippen LogP contribution in [0.25, 0.3) is 0 Å². The van der Waals surface area contributed by atoms with Crippen LogP contribution in [0, 0.1) is 0 Å². The van der Waals surface area contributed by atoms with Crippen molar-refractivity contribution >= 4 is 0 Å². The van der Waals surface area contributed by atoms with Gasteiger partial charge in [-0.05, 0) is 45.3 Å². The molecule has 1 aromatic rings. The summed E-state index contributed by atoms with van der Waals surface area (Å²) in [4.78, 5) is 4.62. The van der Waals surface area contributed by atoms with Crippen LogP contribution >= 0.6 is 0 Å². The van der Waals surface area contributed by atoms with Crippen LogP contribution in [0.2, 0.25) is 0 Å². The Kier molecular flexibility index (Phi) is 5.63. The van der Waals surface area contributed by atoms with Gasteiger partial charge in [0, 0.05) is 19.5 Å². The smallest absolute Gasteiger partial charge is 0.146 e. The molecule has 23 heavy (non-hydrogen) atoms. The lowest BCUT2D eigenvalue weighted by molar-refractivity contribution is 0.0537. The summed E-state index contributed by atoms with van der Waals surface area (Å²) in [7, 11) is 2.06. The summed E-state index contributed by atoms with van der Waals surface area (Å²) in [5.74, 6) is 2.41. The average Bonchev–Trinajstić information content (AvgIpc) is 3.20. The molecule has 0 bridgehead atoms. The predicted molar refractivity (Wildman–Crippen MR) is 87.0 cm³/mol. The number of aliphatic hydroxyl groups excluding tert-OH is 2. The maximum absolute atomic E-state index is 9.41. The van der Waals surface area contributed by atoms with Gasteiger partial charge in [0.05, 0.1) is 25.8 Å². The van der Waals surface area contributed by atoms with Gasteiger partial charge in [-0.2, -0.15) is 0 Å². The van der Waals surface area contributed by atoms with Gasteiger partial charge in [0.1, 0.15) is 11.6 Å². The molecular formula is C16H29N5O2. The summed E-state index contributed by atoms with van der Waals surface area (Å²) in [6, 6.07) is -0.157. The first kappa shape index (κ1) is 16.8. The van der Waals surface area contributed by atoms with Crippen LogP contribution in [-0.4, -0.2) is 80.2 Å². The number of likely N-dealkylation sites (tertiary alicyclic amines) is 2. The van der Waals surface area contributed by atoms with Gasteiger partial charge in [0.15, 0.2) is 0 Å². The molecular weight excluding hydrogens is 294 g/mol. The van der Waals surface area contributed by atoms with E-state index in [-0.39, 0.29) is 19.3 Å². The summed E-state index contributed by atoms with van der Waals surface area (Å²) in [6.45, 7) is 4.98. The molecule has 0 spiro atoms. The minimum Gasteiger partial charge on any atom is -0.395 e.